The van der Waals surface area contributed by atoms with Gasteiger partial charge in [0.25, 0.3) is 5.91 Å². The van der Waals surface area contributed by atoms with Gasteiger partial charge in [0.1, 0.15) is 5.82 Å². The lowest BCUT2D eigenvalue weighted by molar-refractivity contribution is 0.0746. The van der Waals surface area contributed by atoms with Crippen LogP contribution < -0.4 is 10.2 Å². The predicted octanol–water partition coefficient (Wildman–Crippen LogP) is 4.12. The number of nitrogens with zero attached hydrogens (tertiary/aromatic N) is 3. The fraction of sp³-hybridized carbons (Fsp3) is 0.478. The summed E-state index contributed by atoms with van der Waals surface area (Å²) in [6.07, 6.45) is 2.80. The molecule has 28 heavy (non-hydrogen) atoms. The molecule has 0 atom stereocenters. The zero-order valence-corrected chi connectivity index (χ0v) is 17.5. The summed E-state index contributed by atoms with van der Waals surface area (Å²) in [6.45, 7) is 12.8. The van der Waals surface area contributed by atoms with Crippen LogP contribution in [0.4, 0.5) is 11.5 Å². The number of carbonyl (C=O) groups is 1. The first-order valence-corrected chi connectivity index (χ1v) is 10.3. The molecule has 1 aliphatic rings. The molecule has 0 spiro atoms. The van der Waals surface area contributed by atoms with Crippen LogP contribution in [0.3, 0.4) is 0 Å². The molecule has 5 nitrogen and oxygen atoms in total. The average molecular weight is 381 g/mol. The number of carbonyl (C=O) groups excluding carboxylic acids is 1. The van der Waals surface area contributed by atoms with E-state index >= 15 is 0 Å². The first kappa shape index (κ1) is 20.2. The van der Waals surface area contributed by atoms with Crippen LogP contribution in [0.1, 0.15) is 41.8 Å². The van der Waals surface area contributed by atoms with E-state index in [4.69, 9.17) is 0 Å². The van der Waals surface area contributed by atoms with Crippen molar-refractivity contribution in [3.8, 4) is 0 Å². The van der Waals surface area contributed by atoms with Crippen molar-refractivity contribution in [2.75, 3.05) is 42.9 Å². The molecule has 1 aromatic heterocycles. The molecule has 1 aromatic carbocycles. The summed E-state index contributed by atoms with van der Waals surface area (Å²) in [6, 6.07) is 10.2. The van der Waals surface area contributed by atoms with E-state index in [1.165, 1.54) is 16.8 Å². The van der Waals surface area contributed by atoms with Gasteiger partial charge in [0.15, 0.2) is 0 Å². The van der Waals surface area contributed by atoms with Gasteiger partial charge in [-0.15, -0.1) is 0 Å². The molecule has 1 saturated heterocycles. The Morgan fingerprint density at radius 2 is 1.86 bits per heavy atom. The van der Waals surface area contributed by atoms with E-state index in [0.717, 1.165) is 45.0 Å². The summed E-state index contributed by atoms with van der Waals surface area (Å²) in [5, 5.41) is 3.31. The molecule has 5 heteroatoms. The Labute approximate surface area is 168 Å². The summed E-state index contributed by atoms with van der Waals surface area (Å²) in [5.41, 5.74) is 4.58. The minimum absolute atomic E-state index is 0.0712. The quantitative estimate of drug-likeness (QED) is 0.819. The predicted molar refractivity (Wildman–Crippen MR) is 116 cm³/mol. The van der Waals surface area contributed by atoms with Gasteiger partial charge in [-0.05, 0) is 55.5 Å². The second-order valence-electron chi connectivity index (χ2n) is 8.04. The third-order valence-corrected chi connectivity index (χ3v) is 5.52. The first-order valence-electron chi connectivity index (χ1n) is 10.3. The molecule has 0 aliphatic carbocycles. The van der Waals surface area contributed by atoms with Crippen molar-refractivity contribution in [1.82, 2.24) is 9.88 Å². The van der Waals surface area contributed by atoms with Gasteiger partial charge >= 0.3 is 0 Å². The van der Waals surface area contributed by atoms with Gasteiger partial charge in [-0.1, -0.05) is 26.0 Å². The van der Waals surface area contributed by atoms with E-state index in [1.54, 1.807) is 6.20 Å². The number of piperazine rings is 1. The molecule has 1 aliphatic heterocycles. The molecule has 1 fully saturated rings. The van der Waals surface area contributed by atoms with E-state index in [0.29, 0.717) is 11.5 Å². The highest BCUT2D eigenvalue weighted by Gasteiger charge is 2.23. The SMILES string of the molecule is Cc1cccc(N2CCN(C(=O)c3ccc(NCCC(C)C)nc3)CC2)c1C. The molecule has 150 valence electrons. The largest absolute Gasteiger partial charge is 0.370 e. The van der Waals surface area contributed by atoms with Gasteiger partial charge in [-0.3, -0.25) is 4.79 Å². The summed E-state index contributed by atoms with van der Waals surface area (Å²) in [5.74, 6) is 1.56. The van der Waals surface area contributed by atoms with Crippen molar-refractivity contribution in [3.63, 3.8) is 0 Å². The molecule has 0 unspecified atom stereocenters. The van der Waals surface area contributed by atoms with Crippen LogP contribution in [-0.4, -0.2) is 48.5 Å². The number of benzene rings is 1. The highest BCUT2D eigenvalue weighted by atomic mass is 16.2. The van der Waals surface area contributed by atoms with Gasteiger partial charge in [0.05, 0.1) is 5.56 Å². The Morgan fingerprint density at radius 1 is 1.11 bits per heavy atom. The number of hydrogen-bond acceptors (Lipinski definition) is 4. The molecule has 0 saturated carbocycles. The summed E-state index contributed by atoms with van der Waals surface area (Å²) < 4.78 is 0. The van der Waals surface area contributed by atoms with Crippen molar-refractivity contribution in [2.45, 2.75) is 34.1 Å². The normalized spacial score (nSPS) is 14.5. The smallest absolute Gasteiger partial charge is 0.255 e. The Hall–Kier alpha value is -2.56. The maximum Gasteiger partial charge on any atom is 0.255 e. The van der Waals surface area contributed by atoms with Crippen LogP contribution in [-0.2, 0) is 0 Å². The average Bonchev–Trinajstić information content (AvgIpc) is 2.70. The molecule has 2 heterocycles. The zero-order chi connectivity index (χ0) is 20.1. The van der Waals surface area contributed by atoms with Gasteiger partial charge in [-0.25, -0.2) is 4.98 Å². The van der Waals surface area contributed by atoms with E-state index in [1.807, 2.05) is 17.0 Å². The minimum Gasteiger partial charge on any atom is -0.370 e. The second kappa shape index (κ2) is 9.09. The van der Waals surface area contributed by atoms with Crippen LogP contribution in [0, 0.1) is 19.8 Å². The lowest BCUT2D eigenvalue weighted by atomic mass is 10.1. The number of hydrogen-bond donors (Lipinski definition) is 1. The van der Waals surface area contributed by atoms with E-state index in [2.05, 4.69) is 61.1 Å². The monoisotopic (exact) mass is 380 g/mol. The topological polar surface area (TPSA) is 48.5 Å². The highest BCUT2D eigenvalue weighted by Crippen LogP contribution is 2.24. The third kappa shape index (κ3) is 4.83. The Morgan fingerprint density at radius 3 is 2.50 bits per heavy atom. The van der Waals surface area contributed by atoms with Gasteiger partial charge in [0, 0.05) is 44.6 Å². The first-order chi connectivity index (χ1) is 13.5. The standard InChI is InChI=1S/C23H32N4O/c1-17(2)10-11-24-22-9-8-20(16-25-22)23(28)27-14-12-26(13-15-27)21-7-5-6-18(3)19(21)4/h5-9,16-17H,10-15H2,1-4H3,(H,24,25). The van der Waals surface area contributed by atoms with Crippen molar-refractivity contribution in [2.24, 2.45) is 5.92 Å². The number of nitrogens with one attached hydrogen (secondary N) is 1. The fourth-order valence-corrected chi connectivity index (χ4v) is 3.53. The number of aromatic nitrogens is 1. The van der Waals surface area contributed by atoms with Crippen molar-refractivity contribution >= 4 is 17.4 Å². The molecule has 1 amide bonds. The summed E-state index contributed by atoms with van der Waals surface area (Å²) in [7, 11) is 0. The molecular weight excluding hydrogens is 348 g/mol. The number of aryl methyl sites for hydroxylation is 1. The van der Waals surface area contributed by atoms with Crippen LogP contribution in [0.25, 0.3) is 0 Å². The maximum absolute atomic E-state index is 12.8. The number of amides is 1. The lowest BCUT2D eigenvalue weighted by Gasteiger charge is -2.37. The Bertz CT molecular complexity index is 793. The van der Waals surface area contributed by atoms with E-state index in [-0.39, 0.29) is 5.91 Å². The van der Waals surface area contributed by atoms with Gasteiger partial charge in [0.2, 0.25) is 0 Å². The van der Waals surface area contributed by atoms with Crippen LogP contribution in [0.5, 0.6) is 0 Å². The fourth-order valence-electron chi connectivity index (χ4n) is 3.53. The molecule has 0 bridgehead atoms. The van der Waals surface area contributed by atoms with Crippen LogP contribution in [0.2, 0.25) is 0 Å². The van der Waals surface area contributed by atoms with E-state index in [9.17, 15) is 4.79 Å². The van der Waals surface area contributed by atoms with Crippen LogP contribution >= 0.6 is 0 Å². The second-order valence-corrected chi connectivity index (χ2v) is 8.04. The van der Waals surface area contributed by atoms with E-state index < -0.39 is 0 Å². The van der Waals surface area contributed by atoms with Crippen LogP contribution in [0.15, 0.2) is 36.5 Å². The number of anilines is 2. The van der Waals surface area contributed by atoms with Gasteiger partial charge in [-0.2, -0.15) is 0 Å². The maximum atomic E-state index is 12.8. The highest BCUT2D eigenvalue weighted by molar-refractivity contribution is 5.94. The lowest BCUT2D eigenvalue weighted by Crippen LogP contribution is -2.49. The Balaban J connectivity index is 1.55. The zero-order valence-electron chi connectivity index (χ0n) is 17.5. The Kier molecular flexibility index (Phi) is 6.55. The molecule has 0 radical (unpaired) electrons. The van der Waals surface area contributed by atoms with Crippen molar-refractivity contribution < 1.29 is 4.79 Å². The molecule has 1 N–H and O–H groups in total. The summed E-state index contributed by atoms with van der Waals surface area (Å²) in [4.78, 5) is 21.5. The van der Waals surface area contributed by atoms with Crippen molar-refractivity contribution in [3.05, 3.63) is 53.2 Å². The third-order valence-electron chi connectivity index (χ3n) is 5.52. The van der Waals surface area contributed by atoms with Crippen molar-refractivity contribution in [1.29, 1.82) is 0 Å². The molecular formula is C23H32N4O. The molecule has 2 aromatic rings. The minimum atomic E-state index is 0.0712. The summed E-state index contributed by atoms with van der Waals surface area (Å²) >= 11 is 0. The number of rotatable bonds is 6. The molecule has 3 rings (SSSR count). The number of pyridine rings is 1. The van der Waals surface area contributed by atoms with Gasteiger partial charge < -0.3 is 15.1 Å².